The molecule has 0 bridgehead atoms. The van der Waals surface area contributed by atoms with Crippen LogP contribution in [0.3, 0.4) is 0 Å². The van der Waals surface area contributed by atoms with Crippen molar-refractivity contribution in [2.75, 3.05) is 13.1 Å². The third kappa shape index (κ3) is 2.42. The first-order valence-corrected chi connectivity index (χ1v) is 6.87. The van der Waals surface area contributed by atoms with Crippen LogP contribution in [0.15, 0.2) is 23.1 Å². The summed E-state index contributed by atoms with van der Waals surface area (Å²) >= 11 is 0. The molecule has 3 rings (SSSR count). The van der Waals surface area contributed by atoms with E-state index in [0.29, 0.717) is 23.4 Å². The number of aromatic nitrogens is 1. The fourth-order valence-corrected chi connectivity index (χ4v) is 3.36. The number of amides is 1. The van der Waals surface area contributed by atoms with Gasteiger partial charge in [0.2, 0.25) is 5.56 Å². The van der Waals surface area contributed by atoms with Crippen molar-refractivity contribution in [1.29, 1.82) is 0 Å². The molecule has 2 fully saturated rings. The largest absolute Gasteiger partial charge is 0.338 e. The first kappa shape index (κ1) is 12.4. The standard InChI is InChI=1S/C14H19N3O2/c15-12-3-1-10-7-17(8-11(10)5-12)14(19)9-2-4-13(18)16-6-9/h2,4,6,10-12H,1,3,5,7-8,15H2,(H,16,18)/t10-,11+,12?/m1/s1. The number of nitrogens with zero attached hydrogens (tertiary/aromatic N) is 1. The molecule has 1 amide bonds. The Bertz CT molecular complexity index is 519. The second-order valence-corrected chi connectivity index (χ2v) is 5.75. The van der Waals surface area contributed by atoms with Gasteiger partial charge in [-0.15, -0.1) is 0 Å². The molecule has 1 unspecified atom stereocenters. The number of H-pyrrole nitrogens is 1. The molecule has 5 heteroatoms. The van der Waals surface area contributed by atoms with Crippen LogP contribution in [0.4, 0.5) is 0 Å². The second-order valence-electron chi connectivity index (χ2n) is 5.75. The van der Waals surface area contributed by atoms with Crippen LogP contribution in [0.25, 0.3) is 0 Å². The molecule has 1 aliphatic carbocycles. The van der Waals surface area contributed by atoms with Gasteiger partial charge in [0.25, 0.3) is 5.91 Å². The van der Waals surface area contributed by atoms with Gasteiger partial charge in [0.15, 0.2) is 0 Å². The van der Waals surface area contributed by atoms with Crippen LogP contribution >= 0.6 is 0 Å². The quantitative estimate of drug-likeness (QED) is 0.776. The van der Waals surface area contributed by atoms with Crippen molar-refractivity contribution in [3.8, 4) is 0 Å². The third-order valence-electron chi connectivity index (χ3n) is 4.41. The van der Waals surface area contributed by atoms with Gasteiger partial charge in [0.05, 0.1) is 5.56 Å². The number of likely N-dealkylation sites (tertiary alicyclic amines) is 1. The molecule has 1 aliphatic heterocycles. The van der Waals surface area contributed by atoms with Crippen LogP contribution in [0.1, 0.15) is 29.6 Å². The lowest BCUT2D eigenvalue weighted by Crippen LogP contribution is -2.32. The molecule has 0 aromatic carbocycles. The fraction of sp³-hybridized carbons (Fsp3) is 0.571. The molecule has 2 heterocycles. The molecule has 1 saturated carbocycles. The molecule has 1 aromatic heterocycles. The van der Waals surface area contributed by atoms with Gasteiger partial charge in [0.1, 0.15) is 0 Å². The first-order valence-electron chi connectivity index (χ1n) is 6.87. The topological polar surface area (TPSA) is 79.2 Å². The zero-order valence-electron chi connectivity index (χ0n) is 10.8. The number of nitrogens with two attached hydrogens (primary N) is 1. The van der Waals surface area contributed by atoms with E-state index in [1.54, 1.807) is 6.07 Å². The molecule has 0 spiro atoms. The summed E-state index contributed by atoms with van der Waals surface area (Å²) in [5.41, 5.74) is 6.37. The van der Waals surface area contributed by atoms with E-state index < -0.39 is 0 Å². The number of nitrogens with one attached hydrogen (secondary N) is 1. The van der Waals surface area contributed by atoms with Gasteiger partial charge in [-0.1, -0.05) is 0 Å². The van der Waals surface area contributed by atoms with Crippen LogP contribution in [-0.4, -0.2) is 34.9 Å². The highest BCUT2D eigenvalue weighted by atomic mass is 16.2. The maximum atomic E-state index is 12.4. The Balaban J connectivity index is 1.72. The SMILES string of the molecule is NC1CC[C@@H]2CN(C(=O)c3ccc(=O)[nH]c3)C[C@@H]2C1. The van der Waals surface area contributed by atoms with E-state index >= 15 is 0 Å². The van der Waals surface area contributed by atoms with Crippen molar-refractivity contribution in [2.45, 2.75) is 25.3 Å². The summed E-state index contributed by atoms with van der Waals surface area (Å²) in [5, 5.41) is 0. The molecule has 102 valence electrons. The van der Waals surface area contributed by atoms with Crippen molar-refractivity contribution in [3.05, 3.63) is 34.2 Å². The summed E-state index contributed by atoms with van der Waals surface area (Å²) in [6.45, 7) is 1.63. The Hall–Kier alpha value is -1.62. The van der Waals surface area contributed by atoms with Gasteiger partial charge in [-0.25, -0.2) is 0 Å². The summed E-state index contributed by atoms with van der Waals surface area (Å²) in [6, 6.07) is 3.28. The first-order chi connectivity index (χ1) is 9.13. The average molecular weight is 261 g/mol. The van der Waals surface area contributed by atoms with Crippen LogP contribution < -0.4 is 11.3 Å². The van der Waals surface area contributed by atoms with E-state index in [0.717, 1.165) is 32.4 Å². The second kappa shape index (κ2) is 4.81. The zero-order valence-corrected chi connectivity index (χ0v) is 10.8. The Labute approximate surface area is 111 Å². The zero-order chi connectivity index (χ0) is 13.4. The van der Waals surface area contributed by atoms with Crippen molar-refractivity contribution in [2.24, 2.45) is 17.6 Å². The lowest BCUT2D eigenvalue weighted by Gasteiger charge is -2.27. The Kier molecular flexibility index (Phi) is 3.14. The van der Waals surface area contributed by atoms with Gasteiger partial charge in [-0.2, -0.15) is 0 Å². The lowest BCUT2D eigenvalue weighted by atomic mass is 9.79. The minimum Gasteiger partial charge on any atom is -0.338 e. The molecular weight excluding hydrogens is 242 g/mol. The van der Waals surface area contributed by atoms with Crippen LogP contribution in [0.2, 0.25) is 0 Å². The predicted octanol–water partition coefficient (Wildman–Crippen LogP) is 0.574. The number of hydrogen-bond donors (Lipinski definition) is 2. The molecule has 3 N–H and O–H groups in total. The number of rotatable bonds is 1. The van der Waals surface area contributed by atoms with Gasteiger partial charge in [-0.05, 0) is 37.2 Å². The summed E-state index contributed by atoms with van der Waals surface area (Å²) in [7, 11) is 0. The third-order valence-corrected chi connectivity index (χ3v) is 4.41. The molecule has 1 aromatic rings. The normalized spacial score (nSPS) is 30.2. The van der Waals surface area contributed by atoms with Gasteiger partial charge in [-0.3, -0.25) is 9.59 Å². The highest BCUT2D eigenvalue weighted by Gasteiger charge is 2.38. The minimum atomic E-state index is -0.183. The fourth-order valence-electron chi connectivity index (χ4n) is 3.36. The lowest BCUT2D eigenvalue weighted by molar-refractivity contribution is 0.0783. The number of aromatic amines is 1. The number of carbonyl (C=O) groups excluding carboxylic acids is 1. The maximum absolute atomic E-state index is 12.4. The van der Waals surface area contributed by atoms with Gasteiger partial charge < -0.3 is 15.6 Å². The molecule has 19 heavy (non-hydrogen) atoms. The van der Waals surface area contributed by atoms with Gasteiger partial charge >= 0.3 is 0 Å². The van der Waals surface area contributed by atoms with Crippen molar-refractivity contribution in [3.63, 3.8) is 0 Å². The number of hydrogen-bond acceptors (Lipinski definition) is 3. The van der Waals surface area contributed by atoms with E-state index in [4.69, 9.17) is 5.73 Å². The summed E-state index contributed by atoms with van der Waals surface area (Å²) in [4.78, 5) is 27.8. The number of fused-ring (bicyclic) bond motifs is 1. The highest BCUT2D eigenvalue weighted by molar-refractivity contribution is 5.94. The van der Waals surface area contributed by atoms with E-state index in [-0.39, 0.29) is 11.5 Å². The van der Waals surface area contributed by atoms with E-state index in [9.17, 15) is 9.59 Å². The predicted molar refractivity (Wildman–Crippen MR) is 71.8 cm³/mol. The van der Waals surface area contributed by atoms with Crippen LogP contribution in [-0.2, 0) is 0 Å². The monoisotopic (exact) mass is 261 g/mol. The maximum Gasteiger partial charge on any atom is 0.255 e. The number of carbonyl (C=O) groups is 1. The summed E-state index contributed by atoms with van der Waals surface area (Å²) < 4.78 is 0. The minimum absolute atomic E-state index is 0.0132. The average Bonchev–Trinajstić information content (AvgIpc) is 2.81. The van der Waals surface area contributed by atoms with Crippen molar-refractivity contribution < 1.29 is 4.79 Å². The molecular formula is C14H19N3O2. The van der Waals surface area contributed by atoms with Crippen LogP contribution in [0, 0.1) is 11.8 Å². The number of pyridine rings is 1. The molecule has 1 saturated heterocycles. The van der Waals surface area contributed by atoms with Crippen molar-refractivity contribution in [1.82, 2.24) is 9.88 Å². The Morgan fingerprint density at radius 1 is 1.26 bits per heavy atom. The van der Waals surface area contributed by atoms with Crippen molar-refractivity contribution >= 4 is 5.91 Å². The smallest absolute Gasteiger partial charge is 0.255 e. The summed E-state index contributed by atoms with van der Waals surface area (Å²) in [5.74, 6) is 1.17. The summed E-state index contributed by atoms with van der Waals surface area (Å²) in [6.07, 6.45) is 4.72. The van der Waals surface area contributed by atoms with Gasteiger partial charge in [0, 0.05) is 31.4 Å². The Morgan fingerprint density at radius 3 is 2.79 bits per heavy atom. The van der Waals surface area contributed by atoms with E-state index in [1.165, 1.54) is 12.3 Å². The highest BCUT2D eigenvalue weighted by Crippen LogP contribution is 2.36. The molecule has 0 radical (unpaired) electrons. The molecule has 5 nitrogen and oxygen atoms in total. The van der Waals surface area contributed by atoms with E-state index in [1.807, 2.05) is 4.90 Å². The Morgan fingerprint density at radius 2 is 2.05 bits per heavy atom. The molecule has 3 atom stereocenters. The van der Waals surface area contributed by atoms with Crippen LogP contribution in [0.5, 0.6) is 0 Å². The molecule has 2 aliphatic rings. The van der Waals surface area contributed by atoms with E-state index in [2.05, 4.69) is 4.98 Å².